The van der Waals surface area contributed by atoms with E-state index in [9.17, 15) is 0 Å². The Bertz CT molecular complexity index is 2560. The highest BCUT2D eigenvalue weighted by atomic mass is 15.0. The predicted molar refractivity (Wildman–Crippen MR) is 221 cm³/mol. The van der Waals surface area contributed by atoms with Crippen LogP contribution in [0.4, 0.5) is 0 Å². The summed E-state index contributed by atoms with van der Waals surface area (Å²) in [7, 11) is 0. The molecule has 0 atom stereocenters. The molecule has 0 aliphatic rings. The van der Waals surface area contributed by atoms with E-state index in [0.717, 1.165) is 72.5 Å². The minimum absolute atomic E-state index is 0.588. The van der Waals surface area contributed by atoms with Crippen LogP contribution in [0, 0.1) is 0 Å². The first-order chi connectivity index (χ1) is 26.7. The van der Waals surface area contributed by atoms with Crippen molar-refractivity contribution in [3.8, 4) is 89.9 Å². The molecule has 254 valence electrons. The normalized spacial score (nSPS) is 11.0. The molecule has 0 amide bonds. The van der Waals surface area contributed by atoms with E-state index in [4.69, 9.17) is 19.9 Å². The van der Waals surface area contributed by atoms with Crippen molar-refractivity contribution in [1.29, 1.82) is 0 Å². The molecule has 0 fully saturated rings. The summed E-state index contributed by atoms with van der Waals surface area (Å²) in [4.78, 5) is 20.2. The highest BCUT2D eigenvalue weighted by molar-refractivity contribution is 5.88. The third kappa shape index (κ3) is 6.84. The molecule has 0 spiro atoms. The van der Waals surface area contributed by atoms with E-state index in [1.165, 1.54) is 0 Å². The van der Waals surface area contributed by atoms with E-state index in [1.807, 2.05) is 42.6 Å². The van der Waals surface area contributed by atoms with Crippen molar-refractivity contribution in [3.05, 3.63) is 206 Å². The van der Waals surface area contributed by atoms with Gasteiger partial charge in [0.05, 0.1) is 5.69 Å². The van der Waals surface area contributed by atoms with E-state index >= 15 is 0 Å². The van der Waals surface area contributed by atoms with Crippen LogP contribution in [-0.4, -0.2) is 19.9 Å². The summed E-state index contributed by atoms with van der Waals surface area (Å²) < 4.78 is 0. The maximum Gasteiger partial charge on any atom is 0.164 e. The maximum atomic E-state index is 5.17. The van der Waals surface area contributed by atoms with Crippen LogP contribution in [-0.2, 0) is 0 Å². The SMILES string of the molecule is c1ccc(-c2ccc(-c3nc(-c4ccc(-c5ccccc5)cc4)nc(-c4cc(-c5ccccn5)cc(-c5ccccc5-c5ccccc5)c4)n3)cc2)cc1. The number of hydrogen-bond donors (Lipinski definition) is 0. The van der Waals surface area contributed by atoms with Gasteiger partial charge in [-0.25, -0.2) is 15.0 Å². The van der Waals surface area contributed by atoms with Gasteiger partial charge in [0.15, 0.2) is 17.5 Å². The molecule has 0 aliphatic heterocycles. The summed E-state index contributed by atoms with van der Waals surface area (Å²) >= 11 is 0. The highest BCUT2D eigenvalue weighted by Crippen LogP contribution is 2.37. The molecule has 0 radical (unpaired) electrons. The highest BCUT2D eigenvalue weighted by Gasteiger charge is 2.17. The maximum absolute atomic E-state index is 5.17. The lowest BCUT2D eigenvalue weighted by molar-refractivity contribution is 1.07. The average molecular weight is 691 g/mol. The molecule has 2 aromatic heterocycles. The fourth-order valence-corrected chi connectivity index (χ4v) is 6.85. The van der Waals surface area contributed by atoms with E-state index in [1.54, 1.807) is 0 Å². The van der Waals surface area contributed by atoms with Crippen LogP contribution in [0.15, 0.2) is 206 Å². The lowest BCUT2D eigenvalue weighted by Crippen LogP contribution is -2.01. The summed E-state index contributed by atoms with van der Waals surface area (Å²) in [6.07, 6.45) is 1.83. The zero-order valence-electron chi connectivity index (χ0n) is 29.4. The molecular formula is C50H34N4. The van der Waals surface area contributed by atoms with Gasteiger partial charge in [0, 0.05) is 28.5 Å². The van der Waals surface area contributed by atoms with Gasteiger partial charge in [-0.05, 0) is 74.8 Å². The molecule has 4 heteroatoms. The number of nitrogens with zero attached hydrogens (tertiary/aromatic N) is 4. The third-order valence-electron chi connectivity index (χ3n) is 9.61. The molecule has 9 aromatic rings. The standard InChI is InChI=1S/C50H34N4/c1-4-14-35(15-5-1)37-23-27-40(28-24-37)48-52-49(41-29-25-38(26-30-41)36-16-6-2-7-17-36)54-50(53-48)44-33-42(32-43(34-44)47-22-12-13-31-51-47)46-21-11-10-20-45(46)39-18-8-3-9-19-39/h1-34H. The van der Waals surface area contributed by atoms with Crippen LogP contribution in [0.3, 0.4) is 0 Å². The van der Waals surface area contributed by atoms with Crippen LogP contribution in [0.25, 0.3) is 89.9 Å². The summed E-state index contributed by atoms with van der Waals surface area (Å²) in [5.74, 6) is 1.80. The zero-order valence-corrected chi connectivity index (χ0v) is 29.4. The first-order valence-corrected chi connectivity index (χ1v) is 18.0. The van der Waals surface area contributed by atoms with Crippen LogP contribution < -0.4 is 0 Å². The van der Waals surface area contributed by atoms with Gasteiger partial charge >= 0.3 is 0 Å². The van der Waals surface area contributed by atoms with Crippen LogP contribution >= 0.6 is 0 Å². The lowest BCUT2D eigenvalue weighted by atomic mass is 9.91. The van der Waals surface area contributed by atoms with Gasteiger partial charge in [0.2, 0.25) is 0 Å². The molecule has 0 aliphatic carbocycles. The van der Waals surface area contributed by atoms with E-state index in [2.05, 4.69) is 164 Å². The predicted octanol–water partition coefficient (Wildman–Crippen LogP) is 12.6. The topological polar surface area (TPSA) is 51.6 Å². The van der Waals surface area contributed by atoms with Gasteiger partial charge < -0.3 is 0 Å². The van der Waals surface area contributed by atoms with E-state index in [-0.39, 0.29) is 0 Å². The van der Waals surface area contributed by atoms with Crippen LogP contribution in [0.2, 0.25) is 0 Å². The zero-order chi connectivity index (χ0) is 36.1. The fourth-order valence-electron chi connectivity index (χ4n) is 6.85. The second-order valence-corrected chi connectivity index (χ2v) is 13.1. The lowest BCUT2D eigenvalue weighted by Gasteiger charge is -2.15. The van der Waals surface area contributed by atoms with Gasteiger partial charge in [-0.15, -0.1) is 0 Å². The minimum Gasteiger partial charge on any atom is -0.256 e. The Kier molecular flexibility index (Phi) is 8.90. The van der Waals surface area contributed by atoms with Crippen molar-refractivity contribution in [2.75, 3.05) is 0 Å². The summed E-state index contributed by atoms with van der Waals surface area (Å²) in [6.45, 7) is 0. The molecule has 0 N–H and O–H groups in total. The van der Waals surface area contributed by atoms with E-state index < -0.39 is 0 Å². The molecule has 0 saturated heterocycles. The fraction of sp³-hybridized carbons (Fsp3) is 0. The number of rotatable bonds is 8. The largest absolute Gasteiger partial charge is 0.256 e. The molecule has 4 nitrogen and oxygen atoms in total. The Balaban J connectivity index is 1.22. The number of pyridine rings is 1. The van der Waals surface area contributed by atoms with Crippen LogP contribution in [0.1, 0.15) is 0 Å². The number of benzene rings is 7. The monoisotopic (exact) mass is 690 g/mol. The first-order valence-electron chi connectivity index (χ1n) is 18.0. The van der Waals surface area contributed by atoms with Gasteiger partial charge in [-0.1, -0.05) is 170 Å². The second kappa shape index (κ2) is 14.7. The van der Waals surface area contributed by atoms with Gasteiger partial charge in [0.1, 0.15) is 0 Å². The van der Waals surface area contributed by atoms with Crippen molar-refractivity contribution in [2.24, 2.45) is 0 Å². The molecule has 0 saturated carbocycles. The van der Waals surface area contributed by atoms with Crippen molar-refractivity contribution < 1.29 is 0 Å². The Morgan fingerprint density at radius 1 is 0.241 bits per heavy atom. The first kappa shape index (κ1) is 32.6. The molecule has 0 bridgehead atoms. The van der Waals surface area contributed by atoms with Crippen molar-refractivity contribution in [2.45, 2.75) is 0 Å². The molecule has 2 heterocycles. The summed E-state index contributed by atoms with van der Waals surface area (Å²) in [5.41, 5.74) is 13.6. The number of hydrogen-bond acceptors (Lipinski definition) is 4. The number of aromatic nitrogens is 4. The Morgan fingerprint density at radius 3 is 1.11 bits per heavy atom. The molecule has 7 aromatic carbocycles. The van der Waals surface area contributed by atoms with Gasteiger partial charge in [-0.2, -0.15) is 0 Å². The molecule has 9 rings (SSSR count). The second-order valence-electron chi connectivity index (χ2n) is 13.1. The quantitative estimate of drug-likeness (QED) is 0.159. The molecular weight excluding hydrogens is 657 g/mol. The molecule has 0 unspecified atom stereocenters. The van der Waals surface area contributed by atoms with Crippen molar-refractivity contribution >= 4 is 0 Å². The van der Waals surface area contributed by atoms with Crippen LogP contribution in [0.5, 0.6) is 0 Å². The summed E-state index contributed by atoms with van der Waals surface area (Å²) in [6, 6.07) is 69.2. The van der Waals surface area contributed by atoms with E-state index in [0.29, 0.717) is 17.5 Å². The average Bonchev–Trinajstić information content (AvgIpc) is 3.27. The third-order valence-corrected chi connectivity index (χ3v) is 9.61. The van der Waals surface area contributed by atoms with Crippen molar-refractivity contribution in [1.82, 2.24) is 19.9 Å². The minimum atomic E-state index is 0.588. The van der Waals surface area contributed by atoms with Gasteiger partial charge in [-0.3, -0.25) is 4.98 Å². The Labute approximate surface area is 315 Å². The Morgan fingerprint density at radius 2 is 0.611 bits per heavy atom. The van der Waals surface area contributed by atoms with Gasteiger partial charge in [0.25, 0.3) is 0 Å². The Hall–Kier alpha value is -7.30. The van der Waals surface area contributed by atoms with Crippen molar-refractivity contribution in [3.63, 3.8) is 0 Å². The smallest absolute Gasteiger partial charge is 0.164 e. The molecule has 54 heavy (non-hydrogen) atoms. The summed E-state index contributed by atoms with van der Waals surface area (Å²) in [5, 5.41) is 0.